The van der Waals surface area contributed by atoms with Crippen molar-refractivity contribution in [1.82, 2.24) is 4.90 Å². The Morgan fingerprint density at radius 2 is 1.69 bits per heavy atom. The van der Waals surface area contributed by atoms with Crippen LogP contribution in [0.3, 0.4) is 0 Å². The first-order valence-electron chi connectivity index (χ1n) is 4.41. The molecule has 0 saturated heterocycles. The van der Waals surface area contributed by atoms with Gasteiger partial charge in [-0.1, -0.05) is 0 Å². The lowest BCUT2D eigenvalue weighted by Crippen LogP contribution is -2.27. The standard InChI is InChI=1S/C8H11NO3.CHF3/c1-4-12-6-5(2)7(10)9(3)8(6)11;2-1(3)4/h4H2,1-3H3;1H. The zero-order valence-electron chi connectivity index (χ0n) is 9.09. The maximum Gasteiger partial charge on any atom is 0.379 e. The Hall–Kier alpha value is -1.53. The molecule has 0 aromatic rings. The van der Waals surface area contributed by atoms with E-state index in [0.717, 1.165) is 4.90 Å². The van der Waals surface area contributed by atoms with E-state index < -0.39 is 6.68 Å². The van der Waals surface area contributed by atoms with Crippen LogP contribution in [0.2, 0.25) is 0 Å². The summed E-state index contributed by atoms with van der Waals surface area (Å²) in [5.41, 5.74) is 0.393. The zero-order valence-corrected chi connectivity index (χ0v) is 9.09. The van der Waals surface area contributed by atoms with E-state index in [1.165, 1.54) is 7.05 Å². The molecule has 16 heavy (non-hydrogen) atoms. The molecule has 4 nitrogen and oxygen atoms in total. The van der Waals surface area contributed by atoms with Gasteiger partial charge in [-0.3, -0.25) is 14.5 Å². The van der Waals surface area contributed by atoms with Crippen LogP contribution in [-0.2, 0) is 14.3 Å². The van der Waals surface area contributed by atoms with Gasteiger partial charge in [-0.25, -0.2) is 0 Å². The van der Waals surface area contributed by atoms with Crippen molar-refractivity contribution in [3.63, 3.8) is 0 Å². The first kappa shape index (κ1) is 14.5. The molecule has 2 amide bonds. The van der Waals surface area contributed by atoms with Crippen molar-refractivity contribution < 1.29 is 27.5 Å². The Bertz CT molecular complexity index is 312. The van der Waals surface area contributed by atoms with Crippen LogP contribution >= 0.6 is 0 Å². The zero-order chi connectivity index (χ0) is 12.9. The van der Waals surface area contributed by atoms with E-state index in [-0.39, 0.29) is 17.6 Å². The SMILES string of the molecule is CCOC1=C(C)C(=O)N(C)C1=O.FC(F)F. The number of carbonyl (C=O) groups excluding carboxylic acids is 2. The van der Waals surface area contributed by atoms with Gasteiger partial charge in [0, 0.05) is 7.05 Å². The molecule has 0 fully saturated rings. The van der Waals surface area contributed by atoms with Gasteiger partial charge in [0.2, 0.25) is 0 Å². The summed E-state index contributed by atoms with van der Waals surface area (Å²) in [7, 11) is 1.44. The summed E-state index contributed by atoms with van der Waals surface area (Å²) >= 11 is 0. The highest BCUT2D eigenvalue weighted by atomic mass is 19.4. The predicted molar refractivity (Wildman–Crippen MR) is 49.2 cm³/mol. The topological polar surface area (TPSA) is 46.6 Å². The average molecular weight is 239 g/mol. The Morgan fingerprint density at radius 1 is 1.25 bits per heavy atom. The number of imide groups is 1. The van der Waals surface area contributed by atoms with Gasteiger partial charge in [-0.2, -0.15) is 13.2 Å². The van der Waals surface area contributed by atoms with E-state index in [1.807, 2.05) is 0 Å². The molecule has 0 bridgehead atoms. The molecule has 0 spiro atoms. The molecule has 0 aromatic heterocycles. The fourth-order valence-corrected chi connectivity index (χ4v) is 1.07. The number of amides is 2. The number of likely N-dealkylation sites (N-methyl/N-ethyl adjacent to an activating group) is 1. The molecule has 1 rings (SSSR count). The summed E-state index contributed by atoms with van der Waals surface area (Å²) in [5, 5.41) is 0. The van der Waals surface area contributed by atoms with Crippen molar-refractivity contribution in [3.8, 4) is 0 Å². The largest absolute Gasteiger partial charge is 0.488 e. The van der Waals surface area contributed by atoms with Crippen molar-refractivity contribution in [2.45, 2.75) is 20.5 Å². The van der Waals surface area contributed by atoms with Crippen LogP contribution in [0.5, 0.6) is 0 Å². The quantitative estimate of drug-likeness (QED) is 0.685. The van der Waals surface area contributed by atoms with Crippen molar-refractivity contribution in [1.29, 1.82) is 0 Å². The second-order valence-electron chi connectivity index (χ2n) is 2.80. The van der Waals surface area contributed by atoms with Gasteiger partial charge in [0.25, 0.3) is 11.8 Å². The fourth-order valence-electron chi connectivity index (χ4n) is 1.07. The minimum Gasteiger partial charge on any atom is -0.488 e. The van der Waals surface area contributed by atoms with Crippen molar-refractivity contribution in [3.05, 3.63) is 11.3 Å². The predicted octanol–water partition coefficient (Wildman–Crippen LogP) is 1.47. The summed E-state index contributed by atoms with van der Waals surface area (Å²) in [6, 6.07) is 0. The van der Waals surface area contributed by atoms with Crippen molar-refractivity contribution in [2.75, 3.05) is 13.7 Å². The minimum absolute atomic E-state index is 0.185. The van der Waals surface area contributed by atoms with Gasteiger partial charge in [-0.05, 0) is 13.8 Å². The second kappa shape index (κ2) is 6.14. The maximum atomic E-state index is 11.2. The molecular weight excluding hydrogens is 227 g/mol. The number of carbonyl (C=O) groups is 2. The van der Waals surface area contributed by atoms with Crippen LogP contribution in [0.15, 0.2) is 11.3 Å². The van der Waals surface area contributed by atoms with Gasteiger partial charge in [0.05, 0.1) is 12.2 Å². The minimum atomic E-state index is -3.67. The Morgan fingerprint density at radius 3 is 1.94 bits per heavy atom. The molecule has 92 valence electrons. The van der Waals surface area contributed by atoms with Crippen LogP contribution in [0.4, 0.5) is 13.2 Å². The van der Waals surface area contributed by atoms with Gasteiger partial charge in [0.15, 0.2) is 5.76 Å². The van der Waals surface area contributed by atoms with E-state index in [4.69, 9.17) is 4.74 Å². The third kappa shape index (κ3) is 3.56. The molecule has 0 radical (unpaired) electrons. The van der Waals surface area contributed by atoms with Crippen molar-refractivity contribution >= 4 is 11.8 Å². The first-order valence-corrected chi connectivity index (χ1v) is 4.41. The Kier molecular flexibility index (Phi) is 5.55. The third-order valence-electron chi connectivity index (χ3n) is 1.75. The number of ether oxygens (including phenoxy) is 1. The van der Waals surface area contributed by atoms with Gasteiger partial charge < -0.3 is 4.74 Å². The number of nitrogens with zero attached hydrogens (tertiary/aromatic N) is 1. The average Bonchev–Trinajstić information content (AvgIpc) is 2.35. The van der Waals surface area contributed by atoms with E-state index in [0.29, 0.717) is 12.2 Å². The molecule has 7 heteroatoms. The molecule has 0 unspecified atom stereocenters. The summed E-state index contributed by atoms with van der Waals surface area (Å²) < 4.78 is 34.0. The van der Waals surface area contributed by atoms with Gasteiger partial charge in [-0.15, -0.1) is 0 Å². The molecule has 0 atom stereocenters. The Balaban J connectivity index is 0.000000487. The maximum absolute atomic E-state index is 11.2. The lowest BCUT2D eigenvalue weighted by Gasteiger charge is -2.05. The van der Waals surface area contributed by atoms with Crippen LogP contribution < -0.4 is 0 Å². The monoisotopic (exact) mass is 239 g/mol. The molecule has 0 saturated carbocycles. The molecule has 1 heterocycles. The highest BCUT2D eigenvalue weighted by Crippen LogP contribution is 2.19. The van der Waals surface area contributed by atoms with Crippen LogP contribution in [0.25, 0.3) is 0 Å². The van der Waals surface area contributed by atoms with Gasteiger partial charge in [0.1, 0.15) is 0 Å². The van der Waals surface area contributed by atoms with E-state index in [2.05, 4.69) is 0 Å². The number of halogens is 3. The number of hydrogen-bond donors (Lipinski definition) is 0. The highest BCUT2D eigenvalue weighted by molar-refractivity contribution is 6.17. The summed E-state index contributed by atoms with van der Waals surface area (Å²) in [4.78, 5) is 23.5. The summed E-state index contributed by atoms with van der Waals surface area (Å²) in [5.74, 6) is -0.437. The number of rotatable bonds is 2. The molecule has 1 aliphatic heterocycles. The van der Waals surface area contributed by atoms with Crippen LogP contribution in [0.1, 0.15) is 13.8 Å². The molecule has 0 aromatic carbocycles. The fraction of sp³-hybridized carbons (Fsp3) is 0.556. The van der Waals surface area contributed by atoms with Gasteiger partial charge >= 0.3 is 6.68 Å². The normalized spacial score (nSPS) is 15.6. The van der Waals surface area contributed by atoms with E-state index in [1.54, 1.807) is 13.8 Å². The van der Waals surface area contributed by atoms with E-state index in [9.17, 15) is 22.8 Å². The number of hydrogen-bond acceptors (Lipinski definition) is 3. The lowest BCUT2D eigenvalue weighted by atomic mass is 10.3. The molecule has 1 aliphatic rings. The lowest BCUT2D eigenvalue weighted by molar-refractivity contribution is -0.137. The van der Waals surface area contributed by atoms with E-state index >= 15 is 0 Å². The third-order valence-corrected chi connectivity index (χ3v) is 1.75. The molecular formula is C9H12F3NO3. The first-order chi connectivity index (χ1) is 7.32. The highest BCUT2D eigenvalue weighted by Gasteiger charge is 2.34. The smallest absolute Gasteiger partial charge is 0.379 e. The summed E-state index contributed by atoms with van der Waals surface area (Å²) in [6.45, 7) is 0.102. The molecule has 0 N–H and O–H groups in total. The molecule has 0 aliphatic carbocycles. The van der Waals surface area contributed by atoms with Crippen LogP contribution in [-0.4, -0.2) is 37.0 Å². The summed E-state index contributed by atoms with van der Waals surface area (Å²) in [6.07, 6.45) is 0. The number of alkyl halides is 3. The van der Waals surface area contributed by atoms with Crippen molar-refractivity contribution in [2.24, 2.45) is 0 Å². The Labute approximate surface area is 90.7 Å². The second-order valence-corrected chi connectivity index (χ2v) is 2.80. The van der Waals surface area contributed by atoms with Crippen LogP contribution in [0, 0.1) is 0 Å².